The molecule has 0 atom stereocenters. The van der Waals surface area contributed by atoms with E-state index in [9.17, 15) is 0 Å². The fourth-order valence-corrected chi connectivity index (χ4v) is 0.681. The van der Waals surface area contributed by atoms with E-state index in [0.717, 1.165) is 10.2 Å². The van der Waals surface area contributed by atoms with E-state index in [1.807, 2.05) is 6.92 Å². The average Bonchev–Trinajstić information content (AvgIpc) is 1.98. The molecule has 1 aromatic rings. The summed E-state index contributed by atoms with van der Waals surface area (Å²) in [4.78, 5) is 0. The summed E-state index contributed by atoms with van der Waals surface area (Å²) in [5.74, 6) is 0.553. The summed E-state index contributed by atoms with van der Waals surface area (Å²) < 4.78 is 0.856. The Bertz CT molecular complexity index is 174. The molecule has 0 bridgehead atoms. The number of hydrogen-bond donors (Lipinski definition) is 2. The fourth-order valence-electron chi connectivity index (χ4n) is 0.389. The second kappa shape index (κ2) is 1.78. The van der Waals surface area contributed by atoms with Gasteiger partial charge in [-0.2, -0.15) is 5.10 Å². The van der Waals surface area contributed by atoms with Crippen LogP contribution >= 0.6 is 15.9 Å². The van der Waals surface area contributed by atoms with Crippen molar-refractivity contribution in [3.63, 3.8) is 0 Å². The third-order valence-electron chi connectivity index (χ3n) is 0.988. The van der Waals surface area contributed by atoms with Crippen molar-refractivity contribution < 1.29 is 0 Å². The molecule has 1 aromatic heterocycles. The van der Waals surface area contributed by atoms with Crippen LogP contribution in [0.1, 0.15) is 5.56 Å². The highest BCUT2D eigenvalue weighted by atomic mass is 79.9. The van der Waals surface area contributed by atoms with Crippen molar-refractivity contribution in [2.75, 3.05) is 5.73 Å². The zero-order valence-electron chi connectivity index (χ0n) is 4.40. The molecule has 0 aromatic carbocycles. The summed E-state index contributed by atoms with van der Waals surface area (Å²) in [6, 6.07) is 0. The molecule has 1 heterocycles. The summed E-state index contributed by atoms with van der Waals surface area (Å²) in [6.07, 6.45) is 0. The van der Waals surface area contributed by atoms with Gasteiger partial charge in [0.2, 0.25) is 0 Å². The van der Waals surface area contributed by atoms with Gasteiger partial charge >= 0.3 is 0 Å². The molecule has 0 saturated heterocycles. The Balaban J connectivity index is 3.19. The molecular weight excluding hydrogens is 170 g/mol. The van der Waals surface area contributed by atoms with E-state index in [1.54, 1.807) is 0 Å². The van der Waals surface area contributed by atoms with Gasteiger partial charge in [0.05, 0.1) is 0 Å². The lowest BCUT2D eigenvalue weighted by Crippen LogP contribution is -1.85. The second-order valence-corrected chi connectivity index (χ2v) is 2.34. The Hall–Kier alpha value is -0.510. The number of hydrogen-bond acceptors (Lipinski definition) is 2. The van der Waals surface area contributed by atoms with Gasteiger partial charge < -0.3 is 5.73 Å². The minimum Gasteiger partial charge on any atom is -0.382 e. The number of nitrogens with one attached hydrogen (secondary N) is 1. The standard InChI is InChI=1S/C4H6BrN3/c1-2-3(5)7-8-4(2)6/h1H3,(H3,6,7,8). The molecule has 0 fully saturated rings. The summed E-state index contributed by atoms with van der Waals surface area (Å²) in [5, 5.41) is 6.40. The molecule has 0 aliphatic heterocycles. The molecule has 8 heavy (non-hydrogen) atoms. The third-order valence-corrected chi connectivity index (χ3v) is 1.76. The first-order valence-corrected chi connectivity index (χ1v) is 2.97. The first kappa shape index (κ1) is 5.62. The van der Waals surface area contributed by atoms with E-state index in [4.69, 9.17) is 5.73 Å². The number of H-pyrrole nitrogens is 1. The summed E-state index contributed by atoms with van der Waals surface area (Å²) >= 11 is 3.22. The molecule has 3 nitrogen and oxygen atoms in total. The maximum absolute atomic E-state index is 5.37. The molecular formula is C4H6BrN3. The van der Waals surface area contributed by atoms with E-state index in [0.29, 0.717) is 5.82 Å². The van der Waals surface area contributed by atoms with Crippen molar-refractivity contribution in [2.45, 2.75) is 6.92 Å². The lowest BCUT2D eigenvalue weighted by Gasteiger charge is -1.82. The molecule has 1 rings (SSSR count). The SMILES string of the molecule is Cc1c(N)n[nH]c1Br. The van der Waals surface area contributed by atoms with Gasteiger partial charge in [0.15, 0.2) is 0 Å². The highest BCUT2D eigenvalue weighted by molar-refractivity contribution is 9.10. The number of aromatic amines is 1. The van der Waals surface area contributed by atoms with E-state index in [2.05, 4.69) is 26.1 Å². The Morgan fingerprint density at radius 3 is 2.50 bits per heavy atom. The van der Waals surface area contributed by atoms with Crippen LogP contribution in [0, 0.1) is 6.92 Å². The summed E-state index contributed by atoms with van der Waals surface area (Å²) in [6.45, 7) is 1.89. The average molecular weight is 176 g/mol. The Morgan fingerprint density at radius 1 is 1.75 bits per heavy atom. The van der Waals surface area contributed by atoms with Gasteiger partial charge in [0.25, 0.3) is 0 Å². The first-order chi connectivity index (χ1) is 3.72. The van der Waals surface area contributed by atoms with Crippen molar-refractivity contribution in [3.8, 4) is 0 Å². The van der Waals surface area contributed by atoms with Crippen LogP contribution < -0.4 is 5.73 Å². The molecule has 4 heteroatoms. The zero-order valence-corrected chi connectivity index (χ0v) is 5.99. The number of nitrogens with zero attached hydrogens (tertiary/aromatic N) is 1. The second-order valence-electron chi connectivity index (χ2n) is 1.55. The van der Waals surface area contributed by atoms with Crippen LogP contribution in [-0.2, 0) is 0 Å². The molecule has 3 N–H and O–H groups in total. The minimum atomic E-state index is 0.553. The Kier molecular flexibility index (Phi) is 1.25. The molecule has 0 aliphatic carbocycles. The lowest BCUT2D eigenvalue weighted by atomic mass is 10.4. The van der Waals surface area contributed by atoms with Crippen molar-refractivity contribution in [1.82, 2.24) is 10.2 Å². The van der Waals surface area contributed by atoms with Crippen molar-refractivity contribution >= 4 is 21.7 Å². The zero-order chi connectivity index (χ0) is 6.15. The van der Waals surface area contributed by atoms with Crippen LogP contribution in [-0.4, -0.2) is 10.2 Å². The largest absolute Gasteiger partial charge is 0.382 e. The maximum atomic E-state index is 5.37. The van der Waals surface area contributed by atoms with Gasteiger partial charge in [0, 0.05) is 5.56 Å². The van der Waals surface area contributed by atoms with Gasteiger partial charge in [-0.15, -0.1) is 0 Å². The molecule has 44 valence electrons. The molecule has 0 aliphatic rings. The van der Waals surface area contributed by atoms with Gasteiger partial charge in [-0.3, -0.25) is 5.10 Å². The van der Waals surface area contributed by atoms with Crippen LogP contribution in [0.4, 0.5) is 5.82 Å². The van der Waals surface area contributed by atoms with Gasteiger partial charge in [-0.1, -0.05) is 0 Å². The van der Waals surface area contributed by atoms with Crippen molar-refractivity contribution in [2.24, 2.45) is 0 Å². The topological polar surface area (TPSA) is 54.7 Å². The van der Waals surface area contributed by atoms with E-state index >= 15 is 0 Å². The number of nitrogens with two attached hydrogens (primary N) is 1. The fraction of sp³-hybridized carbons (Fsp3) is 0.250. The molecule has 0 radical (unpaired) electrons. The third kappa shape index (κ3) is 0.709. The van der Waals surface area contributed by atoms with Crippen LogP contribution in [0.25, 0.3) is 0 Å². The predicted molar refractivity (Wildman–Crippen MR) is 35.4 cm³/mol. The lowest BCUT2D eigenvalue weighted by molar-refractivity contribution is 1.08. The number of aromatic nitrogens is 2. The number of rotatable bonds is 0. The van der Waals surface area contributed by atoms with Gasteiger partial charge in [0.1, 0.15) is 10.4 Å². The maximum Gasteiger partial charge on any atom is 0.149 e. The normalized spacial score (nSPS) is 9.75. The Morgan fingerprint density at radius 2 is 2.38 bits per heavy atom. The van der Waals surface area contributed by atoms with Crippen molar-refractivity contribution in [1.29, 1.82) is 0 Å². The van der Waals surface area contributed by atoms with E-state index in [-0.39, 0.29) is 0 Å². The number of nitrogen functional groups attached to an aromatic ring is 1. The smallest absolute Gasteiger partial charge is 0.149 e. The predicted octanol–water partition coefficient (Wildman–Crippen LogP) is 1.06. The molecule has 0 unspecified atom stereocenters. The van der Waals surface area contributed by atoms with Gasteiger partial charge in [-0.25, -0.2) is 0 Å². The number of halogens is 1. The molecule has 0 spiro atoms. The molecule has 0 amide bonds. The highest BCUT2D eigenvalue weighted by Gasteiger charge is 1.99. The monoisotopic (exact) mass is 175 g/mol. The van der Waals surface area contributed by atoms with Crippen molar-refractivity contribution in [3.05, 3.63) is 10.2 Å². The van der Waals surface area contributed by atoms with E-state index in [1.165, 1.54) is 0 Å². The van der Waals surface area contributed by atoms with Crippen LogP contribution in [0.5, 0.6) is 0 Å². The quantitative estimate of drug-likeness (QED) is 0.620. The number of anilines is 1. The molecule has 0 saturated carbocycles. The van der Waals surface area contributed by atoms with E-state index < -0.39 is 0 Å². The first-order valence-electron chi connectivity index (χ1n) is 2.17. The van der Waals surface area contributed by atoms with Crippen LogP contribution in [0.2, 0.25) is 0 Å². The summed E-state index contributed by atoms with van der Waals surface area (Å²) in [7, 11) is 0. The summed E-state index contributed by atoms with van der Waals surface area (Å²) in [5.41, 5.74) is 6.33. The van der Waals surface area contributed by atoms with Crippen LogP contribution in [0.15, 0.2) is 4.60 Å². The van der Waals surface area contributed by atoms with Crippen LogP contribution in [0.3, 0.4) is 0 Å². The van der Waals surface area contributed by atoms with Gasteiger partial charge in [-0.05, 0) is 22.9 Å². The highest BCUT2D eigenvalue weighted by Crippen LogP contribution is 2.15. The Labute approximate surface area is 55.4 Å². The minimum absolute atomic E-state index is 0.553.